The quantitative estimate of drug-likeness (QED) is 0.594. The van der Waals surface area contributed by atoms with E-state index in [0.29, 0.717) is 17.9 Å². The smallest absolute Gasteiger partial charge is 0.251 e. The van der Waals surface area contributed by atoms with Gasteiger partial charge in [0.25, 0.3) is 5.91 Å². The lowest BCUT2D eigenvalue weighted by atomic mass is 10.1. The third kappa shape index (κ3) is 3.11. The number of methoxy groups -OCH3 is 1. The second-order valence-electron chi connectivity index (χ2n) is 5.59. The number of amides is 1. The van der Waals surface area contributed by atoms with Crippen LogP contribution in [0.3, 0.4) is 0 Å². The summed E-state index contributed by atoms with van der Waals surface area (Å²) in [5.41, 5.74) is 2.85. The lowest BCUT2D eigenvalue weighted by Crippen LogP contribution is -2.29. The third-order valence-electron chi connectivity index (χ3n) is 4.01. The lowest BCUT2D eigenvalue weighted by Gasteiger charge is -2.13. The molecule has 0 saturated carbocycles. The van der Waals surface area contributed by atoms with Crippen LogP contribution in [0, 0.1) is 0 Å². The van der Waals surface area contributed by atoms with E-state index in [2.05, 4.69) is 14.1 Å². The van der Waals surface area contributed by atoms with Crippen LogP contribution in [-0.2, 0) is 4.74 Å². The van der Waals surface area contributed by atoms with Crippen molar-refractivity contribution in [3.8, 4) is 0 Å². The van der Waals surface area contributed by atoms with E-state index in [1.807, 2.05) is 30.3 Å². The van der Waals surface area contributed by atoms with Crippen LogP contribution < -0.4 is 5.32 Å². The topological polar surface area (TPSA) is 77.2 Å². The number of fused-ring (bicyclic) bond motifs is 2. The molecule has 1 amide bonds. The number of benzene rings is 2. The minimum absolute atomic E-state index is 0.187. The molecule has 0 bridgehead atoms. The number of hydrogen-bond donors (Lipinski definition) is 1. The van der Waals surface area contributed by atoms with Crippen molar-refractivity contribution in [3.63, 3.8) is 0 Å². The van der Waals surface area contributed by atoms with Crippen LogP contribution in [0.1, 0.15) is 22.2 Å². The van der Waals surface area contributed by atoms with E-state index < -0.39 is 0 Å². The number of carbonyl (C=O) groups is 1. The maximum atomic E-state index is 12.4. The van der Waals surface area contributed by atoms with Crippen LogP contribution in [0.2, 0.25) is 0 Å². The first-order valence-electron chi connectivity index (χ1n) is 7.76. The molecule has 0 unspecified atom stereocenters. The zero-order valence-electron chi connectivity index (χ0n) is 13.4. The number of rotatable bonds is 5. The van der Waals surface area contributed by atoms with Crippen molar-refractivity contribution >= 4 is 39.6 Å². The number of ether oxygens (including phenoxy) is 1. The first-order valence-corrected chi connectivity index (χ1v) is 8.49. The van der Waals surface area contributed by atoms with Gasteiger partial charge in [-0.2, -0.15) is 8.75 Å². The normalized spacial score (nSPS) is 12.5. The van der Waals surface area contributed by atoms with Crippen molar-refractivity contribution < 1.29 is 13.9 Å². The predicted octanol–water partition coefficient (Wildman–Crippen LogP) is 3.56. The van der Waals surface area contributed by atoms with Gasteiger partial charge in [-0.05, 0) is 30.3 Å². The highest BCUT2D eigenvalue weighted by Crippen LogP contribution is 2.25. The Morgan fingerprint density at radius 2 is 2.04 bits per heavy atom. The van der Waals surface area contributed by atoms with Gasteiger partial charge in [0, 0.05) is 18.1 Å². The number of para-hydroxylation sites is 1. The molecule has 2 heterocycles. The highest BCUT2D eigenvalue weighted by Gasteiger charge is 2.17. The van der Waals surface area contributed by atoms with Gasteiger partial charge in [-0.3, -0.25) is 4.79 Å². The molecule has 0 spiro atoms. The number of aromatic nitrogens is 2. The standard InChI is InChI=1S/C18H15N3O3S/c1-23-17(16-9-11-4-2-3-5-15(11)24-16)10-19-18(22)12-6-7-13-14(8-12)21-25-20-13/h2-9,17H,10H2,1H3,(H,19,22)/t17-/m0/s1. The average Bonchev–Trinajstić information content (AvgIpc) is 3.27. The van der Waals surface area contributed by atoms with Gasteiger partial charge < -0.3 is 14.5 Å². The molecule has 126 valence electrons. The maximum Gasteiger partial charge on any atom is 0.251 e. The molecule has 4 rings (SSSR count). The molecule has 0 radical (unpaired) electrons. The van der Waals surface area contributed by atoms with Crippen LogP contribution >= 0.6 is 11.7 Å². The Labute approximate surface area is 147 Å². The second kappa shape index (κ2) is 6.62. The van der Waals surface area contributed by atoms with Crippen LogP contribution in [-0.4, -0.2) is 28.3 Å². The monoisotopic (exact) mass is 353 g/mol. The summed E-state index contributed by atoms with van der Waals surface area (Å²) in [6.07, 6.45) is -0.360. The van der Waals surface area contributed by atoms with E-state index in [1.54, 1.807) is 25.3 Å². The van der Waals surface area contributed by atoms with Gasteiger partial charge in [-0.1, -0.05) is 18.2 Å². The first-order chi connectivity index (χ1) is 12.2. The fourth-order valence-corrected chi connectivity index (χ4v) is 3.19. The first kappa shape index (κ1) is 15.7. The summed E-state index contributed by atoms with van der Waals surface area (Å²) in [6, 6.07) is 15.0. The summed E-state index contributed by atoms with van der Waals surface area (Å²) < 4.78 is 19.6. The maximum absolute atomic E-state index is 12.4. The molecule has 0 aliphatic heterocycles. The SMILES string of the molecule is CO[C@@H](CNC(=O)c1ccc2nsnc2c1)c1cc2ccccc2o1. The van der Waals surface area contributed by atoms with Crippen molar-refractivity contribution in [2.45, 2.75) is 6.10 Å². The molecule has 4 aromatic rings. The van der Waals surface area contributed by atoms with E-state index in [9.17, 15) is 4.79 Å². The zero-order valence-corrected chi connectivity index (χ0v) is 14.2. The summed E-state index contributed by atoms with van der Waals surface area (Å²) >= 11 is 1.13. The molecule has 0 fully saturated rings. The Kier molecular flexibility index (Phi) is 4.17. The minimum atomic E-state index is -0.360. The van der Waals surface area contributed by atoms with Crippen molar-refractivity contribution in [1.29, 1.82) is 0 Å². The van der Waals surface area contributed by atoms with Crippen LogP contribution in [0.5, 0.6) is 0 Å². The minimum Gasteiger partial charge on any atom is -0.458 e. The molecule has 0 saturated heterocycles. The molecule has 2 aromatic heterocycles. The molecule has 0 aliphatic rings. The zero-order chi connectivity index (χ0) is 17.2. The molecule has 0 aliphatic carbocycles. The number of furan rings is 1. The van der Waals surface area contributed by atoms with E-state index in [0.717, 1.165) is 33.7 Å². The van der Waals surface area contributed by atoms with Crippen LogP contribution in [0.15, 0.2) is 52.9 Å². The van der Waals surface area contributed by atoms with Gasteiger partial charge in [0.05, 0.1) is 18.3 Å². The van der Waals surface area contributed by atoms with Crippen molar-refractivity contribution in [2.24, 2.45) is 0 Å². The van der Waals surface area contributed by atoms with Gasteiger partial charge >= 0.3 is 0 Å². The largest absolute Gasteiger partial charge is 0.458 e. The highest BCUT2D eigenvalue weighted by atomic mass is 32.1. The fraction of sp³-hybridized carbons (Fsp3) is 0.167. The van der Waals surface area contributed by atoms with E-state index in [4.69, 9.17) is 9.15 Å². The second-order valence-corrected chi connectivity index (χ2v) is 6.12. The van der Waals surface area contributed by atoms with E-state index in [-0.39, 0.29) is 12.0 Å². The van der Waals surface area contributed by atoms with Crippen LogP contribution in [0.25, 0.3) is 22.0 Å². The predicted molar refractivity (Wildman–Crippen MR) is 95.7 cm³/mol. The molecule has 1 atom stereocenters. The molecular formula is C18H15N3O3S. The van der Waals surface area contributed by atoms with E-state index >= 15 is 0 Å². The highest BCUT2D eigenvalue weighted by molar-refractivity contribution is 7.00. The van der Waals surface area contributed by atoms with Gasteiger partial charge in [-0.15, -0.1) is 0 Å². The Morgan fingerprint density at radius 3 is 2.88 bits per heavy atom. The Bertz CT molecular complexity index is 1010. The molecular weight excluding hydrogens is 338 g/mol. The molecule has 2 aromatic carbocycles. The Morgan fingerprint density at radius 1 is 1.20 bits per heavy atom. The summed E-state index contributed by atoms with van der Waals surface area (Å²) in [5.74, 6) is 0.496. The van der Waals surface area contributed by atoms with Crippen molar-refractivity contribution in [3.05, 3.63) is 59.9 Å². The van der Waals surface area contributed by atoms with Gasteiger partial charge in [-0.25, -0.2) is 0 Å². The average molecular weight is 353 g/mol. The molecule has 6 nitrogen and oxygen atoms in total. The van der Waals surface area contributed by atoms with Crippen molar-refractivity contribution in [1.82, 2.24) is 14.1 Å². The van der Waals surface area contributed by atoms with Crippen LogP contribution in [0.4, 0.5) is 0 Å². The van der Waals surface area contributed by atoms with Gasteiger partial charge in [0.15, 0.2) is 0 Å². The third-order valence-corrected chi connectivity index (χ3v) is 4.57. The molecule has 1 N–H and O–H groups in total. The number of carbonyl (C=O) groups excluding carboxylic acids is 1. The number of nitrogens with one attached hydrogen (secondary N) is 1. The summed E-state index contributed by atoms with van der Waals surface area (Å²) in [5, 5.41) is 3.89. The molecule has 7 heteroatoms. The van der Waals surface area contributed by atoms with Gasteiger partial charge in [0.1, 0.15) is 28.5 Å². The van der Waals surface area contributed by atoms with Crippen molar-refractivity contribution in [2.75, 3.05) is 13.7 Å². The molecule has 25 heavy (non-hydrogen) atoms. The fourth-order valence-electron chi connectivity index (χ4n) is 2.67. The van der Waals surface area contributed by atoms with E-state index in [1.165, 1.54) is 0 Å². The summed E-state index contributed by atoms with van der Waals surface area (Å²) in [4.78, 5) is 12.4. The summed E-state index contributed by atoms with van der Waals surface area (Å²) in [6.45, 7) is 0.308. The number of nitrogens with zero attached hydrogens (tertiary/aromatic N) is 2. The number of hydrogen-bond acceptors (Lipinski definition) is 6. The summed E-state index contributed by atoms with van der Waals surface area (Å²) in [7, 11) is 1.59. The van der Waals surface area contributed by atoms with Gasteiger partial charge in [0.2, 0.25) is 0 Å². The Hall–Kier alpha value is -2.77. The Balaban J connectivity index is 1.48. The lowest BCUT2D eigenvalue weighted by molar-refractivity contribution is 0.0747.